The van der Waals surface area contributed by atoms with Crippen LogP contribution in [0, 0.1) is 0 Å². The molecule has 0 aliphatic rings. The molecule has 1 N–H and O–H groups in total. The molecule has 0 aliphatic heterocycles. The summed E-state index contributed by atoms with van der Waals surface area (Å²) in [7, 11) is 0. The van der Waals surface area contributed by atoms with Crippen molar-refractivity contribution in [3.8, 4) is 0 Å². The van der Waals surface area contributed by atoms with Gasteiger partial charge in [0.05, 0.1) is 6.10 Å². The van der Waals surface area contributed by atoms with Crippen LogP contribution in [0.1, 0.15) is 26.7 Å². The van der Waals surface area contributed by atoms with Crippen molar-refractivity contribution in [2.24, 2.45) is 0 Å². The van der Waals surface area contributed by atoms with Gasteiger partial charge in [-0.15, -0.1) is 0 Å². The van der Waals surface area contributed by atoms with E-state index >= 15 is 0 Å². The van der Waals surface area contributed by atoms with E-state index in [1.54, 1.807) is 0 Å². The molecule has 0 aromatic heterocycles. The van der Waals surface area contributed by atoms with Gasteiger partial charge in [0, 0.05) is 24.3 Å². The van der Waals surface area contributed by atoms with E-state index in [0.717, 1.165) is 24.8 Å². The molecule has 0 spiro atoms. The number of unbranched alkanes of at least 4 members (excludes halogenated alkanes) is 1. The zero-order valence-electron chi connectivity index (χ0n) is 8.76. The fourth-order valence-corrected chi connectivity index (χ4v) is 2.01. The quantitative estimate of drug-likeness (QED) is 0.533. The molecule has 0 aliphatic carbocycles. The fraction of sp³-hybridized carbons (Fsp3) is 1.00. The van der Waals surface area contributed by atoms with Gasteiger partial charge >= 0.3 is 5.51 Å². The Morgan fingerprint density at radius 1 is 1.27 bits per heavy atom. The van der Waals surface area contributed by atoms with Gasteiger partial charge in [-0.25, -0.2) is 4.13 Å². The van der Waals surface area contributed by atoms with E-state index in [0.29, 0.717) is 12.4 Å². The van der Waals surface area contributed by atoms with Crippen molar-refractivity contribution in [1.82, 2.24) is 4.13 Å². The number of hydrogen-bond acceptors (Lipinski definition) is 4. The second kappa shape index (κ2) is 8.55. The highest BCUT2D eigenvalue weighted by Crippen LogP contribution is 2.28. The molecular weight excluding hydrogens is 247 g/mol. The van der Waals surface area contributed by atoms with Gasteiger partial charge in [-0.05, 0) is 26.7 Å². The number of halogens is 3. The number of nitrogens with one attached hydrogen (secondary N) is 1. The Morgan fingerprint density at radius 2 is 1.93 bits per heavy atom. The van der Waals surface area contributed by atoms with Crippen molar-refractivity contribution in [1.29, 1.82) is 0 Å². The Balaban J connectivity index is 3.06. The molecule has 0 fully saturated rings. The molecule has 2 nitrogen and oxygen atoms in total. The summed E-state index contributed by atoms with van der Waals surface area (Å²) in [5, 5.41) is 0. The third-order valence-corrected chi connectivity index (χ3v) is 2.84. The third-order valence-electron chi connectivity index (χ3n) is 1.31. The summed E-state index contributed by atoms with van der Waals surface area (Å²) in [4.78, 5) is 0. The molecule has 0 radical (unpaired) electrons. The molecule has 0 heterocycles. The predicted molar refractivity (Wildman–Crippen MR) is 59.6 cm³/mol. The first-order valence-electron chi connectivity index (χ1n) is 4.65. The van der Waals surface area contributed by atoms with Crippen LogP contribution in [0.2, 0.25) is 0 Å². The van der Waals surface area contributed by atoms with Crippen LogP contribution >= 0.6 is 23.9 Å². The van der Waals surface area contributed by atoms with Gasteiger partial charge in [0.2, 0.25) is 0 Å². The zero-order valence-corrected chi connectivity index (χ0v) is 10.4. The normalized spacial score (nSPS) is 12.4. The highest BCUT2D eigenvalue weighted by Gasteiger charge is 2.28. The van der Waals surface area contributed by atoms with Crippen molar-refractivity contribution in [2.75, 3.05) is 12.4 Å². The molecule has 0 atom stereocenters. The van der Waals surface area contributed by atoms with E-state index in [-0.39, 0.29) is 18.1 Å². The first-order chi connectivity index (χ1) is 6.92. The number of hydrogen-bond donors (Lipinski definition) is 1. The van der Waals surface area contributed by atoms with Crippen molar-refractivity contribution in [3.05, 3.63) is 0 Å². The van der Waals surface area contributed by atoms with Gasteiger partial charge < -0.3 is 4.74 Å². The summed E-state index contributed by atoms with van der Waals surface area (Å²) < 4.78 is 42.4. The summed E-state index contributed by atoms with van der Waals surface area (Å²) in [6.45, 7) is 4.58. The van der Waals surface area contributed by atoms with Crippen molar-refractivity contribution in [2.45, 2.75) is 38.3 Å². The summed E-state index contributed by atoms with van der Waals surface area (Å²) >= 11 is 0.860. The SMILES string of the molecule is CC(C)OCCCCSNSC(F)(F)F. The second-order valence-corrected chi connectivity index (χ2v) is 5.14. The molecule has 0 bridgehead atoms. The molecule has 7 heteroatoms. The molecular formula is C8H16F3NOS2. The number of alkyl halides is 3. The zero-order chi connectivity index (χ0) is 11.7. The highest BCUT2D eigenvalue weighted by atomic mass is 32.2. The van der Waals surface area contributed by atoms with E-state index in [2.05, 4.69) is 4.13 Å². The number of ether oxygens (including phenoxy) is 1. The van der Waals surface area contributed by atoms with Crippen molar-refractivity contribution < 1.29 is 17.9 Å². The monoisotopic (exact) mass is 263 g/mol. The van der Waals surface area contributed by atoms with Crippen LogP contribution in [0.25, 0.3) is 0 Å². The fourth-order valence-electron chi connectivity index (χ4n) is 0.714. The topological polar surface area (TPSA) is 21.3 Å². The van der Waals surface area contributed by atoms with Crippen LogP contribution in [-0.2, 0) is 4.74 Å². The minimum atomic E-state index is -4.20. The van der Waals surface area contributed by atoms with E-state index in [1.165, 1.54) is 0 Å². The Hall–Kier alpha value is 0.410. The van der Waals surface area contributed by atoms with Gasteiger partial charge in [0.15, 0.2) is 0 Å². The maximum absolute atomic E-state index is 11.6. The van der Waals surface area contributed by atoms with Gasteiger partial charge in [0.1, 0.15) is 0 Å². The van der Waals surface area contributed by atoms with E-state index in [9.17, 15) is 13.2 Å². The number of rotatable bonds is 8. The lowest BCUT2D eigenvalue weighted by atomic mass is 10.3. The first-order valence-corrected chi connectivity index (χ1v) is 6.45. The predicted octanol–water partition coefficient (Wildman–Crippen LogP) is 3.60. The minimum absolute atomic E-state index is 0.216. The Morgan fingerprint density at radius 3 is 2.47 bits per heavy atom. The van der Waals surface area contributed by atoms with E-state index in [4.69, 9.17) is 4.74 Å². The lowest BCUT2D eigenvalue weighted by Gasteiger charge is -2.07. The van der Waals surface area contributed by atoms with Crippen molar-refractivity contribution in [3.63, 3.8) is 0 Å². The highest BCUT2D eigenvalue weighted by molar-refractivity contribution is 8.13. The summed E-state index contributed by atoms with van der Waals surface area (Å²) in [5.74, 6) is 0.657. The minimum Gasteiger partial charge on any atom is -0.379 e. The van der Waals surface area contributed by atoms with Gasteiger partial charge in [-0.3, -0.25) is 0 Å². The van der Waals surface area contributed by atoms with Crippen LogP contribution in [0.4, 0.5) is 13.2 Å². The Labute approximate surface area is 97.0 Å². The summed E-state index contributed by atoms with van der Waals surface area (Å²) in [6.07, 6.45) is 1.95. The lowest BCUT2D eigenvalue weighted by Crippen LogP contribution is -2.08. The average Bonchev–Trinajstić information content (AvgIpc) is 2.07. The Kier molecular flexibility index (Phi) is 8.78. The first kappa shape index (κ1) is 15.4. The van der Waals surface area contributed by atoms with Crippen LogP contribution < -0.4 is 4.13 Å². The lowest BCUT2D eigenvalue weighted by molar-refractivity contribution is -0.0331. The standard InChI is InChI=1S/C8H16F3NOS2/c1-7(2)13-5-3-4-6-14-12-15-8(9,10)11/h7,12H,3-6H2,1-2H3. The summed E-state index contributed by atoms with van der Waals surface area (Å²) in [5.41, 5.74) is -4.20. The average molecular weight is 263 g/mol. The van der Waals surface area contributed by atoms with Gasteiger partial charge in [0.25, 0.3) is 0 Å². The van der Waals surface area contributed by atoms with Crippen LogP contribution in [0.5, 0.6) is 0 Å². The molecule has 0 aromatic rings. The van der Waals surface area contributed by atoms with Crippen molar-refractivity contribution >= 4 is 23.9 Å². The molecule has 0 saturated heterocycles. The maximum atomic E-state index is 11.6. The molecule has 0 unspecified atom stereocenters. The molecule has 0 rings (SSSR count). The third kappa shape index (κ3) is 14.4. The van der Waals surface area contributed by atoms with Crippen LogP contribution in [0.3, 0.4) is 0 Å². The second-order valence-electron chi connectivity index (χ2n) is 3.11. The maximum Gasteiger partial charge on any atom is 0.456 e. The smallest absolute Gasteiger partial charge is 0.379 e. The molecule has 0 saturated carbocycles. The molecule has 0 aromatic carbocycles. The Bertz CT molecular complexity index is 155. The van der Waals surface area contributed by atoms with E-state index in [1.807, 2.05) is 13.8 Å². The van der Waals surface area contributed by atoms with Crippen LogP contribution in [-0.4, -0.2) is 24.0 Å². The van der Waals surface area contributed by atoms with Crippen LogP contribution in [0.15, 0.2) is 0 Å². The largest absolute Gasteiger partial charge is 0.456 e. The van der Waals surface area contributed by atoms with Gasteiger partial charge in [-0.2, -0.15) is 13.2 Å². The van der Waals surface area contributed by atoms with Gasteiger partial charge in [-0.1, -0.05) is 11.9 Å². The van der Waals surface area contributed by atoms with E-state index < -0.39 is 5.51 Å². The summed E-state index contributed by atoms with van der Waals surface area (Å²) in [6, 6.07) is 0. The molecule has 92 valence electrons. The molecule has 0 amide bonds. The molecule has 15 heavy (non-hydrogen) atoms.